The SMILES string of the molecule is CCCCCCCC(=O)Oc1c(I)cc(C#N)cc1I.COc1nc(C)nc(NC(=O)[N-]S(=O)(=O)c2ccccc2I)n1.[Na+]. The molecule has 1 aromatic heterocycles. The minimum atomic E-state index is -4.13. The van der Waals surface area contributed by atoms with Crippen molar-refractivity contribution in [3.05, 3.63) is 63.2 Å². The van der Waals surface area contributed by atoms with Gasteiger partial charge in [-0.2, -0.15) is 15.2 Å². The summed E-state index contributed by atoms with van der Waals surface area (Å²) in [7, 11) is -2.78. The summed E-state index contributed by atoms with van der Waals surface area (Å²) in [5.41, 5.74) is 0.582. The quantitative estimate of drug-likeness (QED) is 0.0968. The van der Waals surface area contributed by atoms with Gasteiger partial charge in [0.1, 0.15) is 5.82 Å². The van der Waals surface area contributed by atoms with Crippen LogP contribution >= 0.6 is 67.8 Å². The zero-order valence-corrected chi connectivity index (χ0v) is 33.7. The van der Waals surface area contributed by atoms with E-state index in [4.69, 9.17) is 14.7 Å². The monoisotopic (exact) mass is 968 g/mol. The van der Waals surface area contributed by atoms with Crippen molar-refractivity contribution in [1.29, 1.82) is 5.26 Å². The smallest absolute Gasteiger partial charge is 0.467 e. The number of unbranched alkanes of at least 4 members (excludes halogenated alkanes) is 4. The predicted molar refractivity (Wildman–Crippen MR) is 185 cm³/mol. The van der Waals surface area contributed by atoms with E-state index < -0.39 is 16.1 Å². The number of ether oxygens (including phenoxy) is 2. The number of carbonyl (C=O) groups is 2. The molecule has 0 bridgehead atoms. The summed E-state index contributed by atoms with van der Waals surface area (Å²) in [6.45, 7) is 3.74. The van der Waals surface area contributed by atoms with Gasteiger partial charge in [0.05, 0.1) is 30.8 Å². The summed E-state index contributed by atoms with van der Waals surface area (Å²) in [5.74, 6) is 0.527. The largest absolute Gasteiger partial charge is 1.00 e. The van der Waals surface area contributed by atoms with Crippen LogP contribution in [0.4, 0.5) is 10.7 Å². The third-order valence-electron chi connectivity index (χ3n) is 5.27. The zero-order valence-electron chi connectivity index (χ0n) is 24.4. The molecule has 17 heteroatoms. The first kappa shape index (κ1) is 40.6. The van der Waals surface area contributed by atoms with Crippen molar-refractivity contribution in [3.8, 4) is 17.8 Å². The van der Waals surface area contributed by atoms with Crippen LogP contribution < -0.4 is 44.3 Å². The molecule has 12 nitrogen and oxygen atoms in total. The fourth-order valence-corrected chi connectivity index (χ4v) is 7.43. The number of sulfonamides is 1. The van der Waals surface area contributed by atoms with Gasteiger partial charge in [-0.3, -0.25) is 9.59 Å². The molecule has 0 aliphatic heterocycles. The standard InChI is InChI=1S/C15H17I2NO2.C12H12IN5O4S.Na/c1-2-3-4-5-6-7-14(19)20-15-12(16)8-11(10-18)9-13(15)17;1-7-14-10(17-12(15-7)22-2)16-11(19)18-23(20,21)9-6-4-3-5-8(9)13;/h8-9H,2-7H2,1H3;3-6H,1-2H3,(H2,14,15,16,17,18,19);/q;;+1/p-1. The molecule has 0 spiro atoms. The number of hydrogen-bond acceptors (Lipinski definition) is 10. The summed E-state index contributed by atoms with van der Waals surface area (Å²) < 4.78 is 39.8. The van der Waals surface area contributed by atoms with Crippen molar-refractivity contribution in [2.45, 2.75) is 57.3 Å². The Morgan fingerprint density at radius 3 is 2.23 bits per heavy atom. The van der Waals surface area contributed by atoms with E-state index in [0.29, 0.717) is 27.1 Å². The maximum atomic E-state index is 12.1. The first-order valence-corrected chi connectivity index (χ1v) is 17.5. The van der Waals surface area contributed by atoms with Crippen LogP contribution in [0.25, 0.3) is 4.72 Å². The van der Waals surface area contributed by atoms with Crippen molar-refractivity contribution in [3.63, 3.8) is 0 Å². The van der Waals surface area contributed by atoms with Gasteiger partial charge in [-0.05, 0) is 105 Å². The summed E-state index contributed by atoms with van der Waals surface area (Å²) >= 11 is 6.03. The molecule has 0 saturated heterocycles. The molecule has 0 aliphatic carbocycles. The van der Waals surface area contributed by atoms with E-state index in [2.05, 4.69) is 83.2 Å². The minimum Gasteiger partial charge on any atom is -0.467 e. The van der Waals surface area contributed by atoms with Crippen LogP contribution in [0.3, 0.4) is 0 Å². The molecule has 2 aromatic carbocycles. The topological polar surface area (TPSA) is 175 Å². The Bertz CT molecular complexity index is 1570. The normalized spacial score (nSPS) is 10.3. The van der Waals surface area contributed by atoms with E-state index >= 15 is 0 Å². The maximum absolute atomic E-state index is 12.1. The number of halogens is 3. The van der Waals surface area contributed by atoms with Crippen molar-refractivity contribution in [2.24, 2.45) is 0 Å². The molecule has 0 saturated carbocycles. The summed E-state index contributed by atoms with van der Waals surface area (Å²) in [5, 5.41) is 11.1. The molecule has 1 N–H and O–H groups in total. The van der Waals surface area contributed by atoms with E-state index in [1.165, 1.54) is 32.4 Å². The average Bonchev–Trinajstić information content (AvgIpc) is 2.94. The second-order valence-electron chi connectivity index (χ2n) is 8.64. The molecule has 1 heterocycles. The number of methoxy groups -OCH3 is 1. The molecule has 3 aromatic rings. The molecule has 2 amide bonds. The second-order valence-corrected chi connectivity index (χ2v) is 13.7. The number of benzene rings is 2. The van der Waals surface area contributed by atoms with Crippen molar-refractivity contribution < 1.29 is 57.0 Å². The van der Waals surface area contributed by atoms with Gasteiger partial charge < -0.3 is 19.5 Å². The summed E-state index contributed by atoms with van der Waals surface area (Å²) in [6, 6.07) is 10.6. The van der Waals surface area contributed by atoms with Crippen LogP contribution in [0.1, 0.15) is 56.8 Å². The molecule has 0 fully saturated rings. The van der Waals surface area contributed by atoms with Gasteiger partial charge in [-0.15, -0.1) is 0 Å². The molecular formula is C27H28I3N6NaO6S. The molecule has 3 rings (SSSR count). The van der Waals surface area contributed by atoms with Gasteiger partial charge in [0.15, 0.2) is 17.7 Å². The Kier molecular flexibility index (Phi) is 19.1. The fourth-order valence-electron chi connectivity index (χ4n) is 3.29. The van der Waals surface area contributed by atoms with Crippen LogP contribution in [-0.2, 0) is 14.8 Å². The van der Waals surface area contributed by atoms with Crippen molar-refractivity contribution in [2.75, 3.05) is 12.4 Å². The molecule has 0 unspecified atom stereocenters. The molecule has 230 valence electrons. The van der Waals surface area contributed by atoms with Gasteiger partial charge in [0, 0.05) is 9.99 Å². The van der Waals surface area contributed by atoms with E-state index in [9.17, 15) is 18.0 Å². The van der Waals surface area contributed by atoms with Crippen LogP contribution in [0.15, 0.2) is 41.3 Å². The van der Waals surface area contributed by atoms with E-state index in [0.717, 1.165) is 20.0 Å². The number of rotatable bonds is 11. The molecule has 44 heavy (non-hydrogen) atoms. The number of aromatic nitrogens is 3. The van der Waals surface area contributed by atoms with Gasteiger partial charge >= 0.3 is 41.5 Å². The summed E-state index contributed by atoms with van der Waals surface area (Å²) in [6.07, 6.45) is 6.00. The number of hydrogen-bond donors (Lipinski definition) is 1. The van der Waals surface area contributed by atoms with E-state index in [1.54, 1.807) is 37.3 Å². The van der Waals surface area contributed by atoms with Crippen LogP contribution in [0, 0.1) is 29.0 Å². The van der Waals surface area contributed by atoms with E-state index in [-0.39, 0.29) is 52.4 Å². The number of nitrogens with zero attached hydrogens (tertiary/aromatic N) is 5. The number of aryl methyl sites for hydroxylation is 1. The number of amides is 2. The number of urea groups is 1. The molecule has 0 radical (unpaired) electrons. The third-order valence-corrected chi connectivity index (χ3v) is 9.50. The minimum absolute atomic E-state index is 0. The summed E-state index contributed by atoms with van der Waals surface area (Å²) in [4.78, 5) is 35.1. The number of nitrogens with one attached hydrogen (secondary N) is 1. The Balaban J connectivity index is 0.000000435. The number of carbonyl (C=O) groups excluding carboxylic acids is 2. The van der Waals surface area contributed by atoms with Crippen LogP contribution in [0.5, 0.6) is 11.8 Å². The zero-order chi connectivity index (χ0) is 32.0. The Morgan fingerprint density at radius 2 is 1.64 bits per heavy atom. The average molecular weight is 968 g/mol. The number of anilines is 1. The Morgan fingerprint density at radius 1 is 1.00 bits per heavy atom. The molecular weight excluding hydrogens is 940 g/mol. The fraction of sp³-hybridized carbons (Fsp3) is 0.333. The van der Waals surface area contributed by atoms with Crippen molar-refractivity contribution in [1.82, 2.24) is 15.0 Å². The maximum Gasteiger partial charge on any atom is 1.00 e. The van der Waals surface area contributed by atoms with E-state index in [1.807, 2.05) is 22.6 Å². The second kappa shape index (κ2) is 20.7. The molecule has 0 atom stereocenters. The van der Waals surface area contributed by atoms with Gasteiger partial charge in [0.25, 0.3) is 0 Å². The number of esters is 1. The van der Waals surface area contributed by atoms with Gasteiger partial charge in [-0.25, -0.2) is 13.4 Å². The Labute approximate surface area is 320 Å². The van der Waals surface area contributed by atoms with Gasteiger partial charge in [-0.1, -0.05) is 44.7 Å². The van der Waals surface area contributed by atoms with Gasteiger partial charge in [0.2, 0.25) is 10.0 Å². The van der Waals surface area contributed by atoms with Crippen LogP contribution in [-0.4, -0.2) is 42.5 Å². The van der Waals surface area contributed by atoms with Crippen LogP contribution in [0.2, 0.25) is 0 Å². The molecule has 0 aliphatic rings. The van der Waals surface area contributed by atoms with Crippen molar-refractivity contribution >= 4 is 95.7 Å². The predicted octanol–water partition coefficient (Wildman–Crippen LogP) is 4.13. The first-order valence-electron chi connectivity index (χ1n) is 12.8. The third kappa shape index (κ3) is 13.9. The first-order chi connectivity index (χ1) is 20.4. The Hall–Kier alpha value is -1.38. The number of nitriles is 1.